The molecule has 1 saturated carbocycles. The second-order valence-electron chi connectivity index (χ2n) is 4.20. The maximum atomic E-state index is 11.6. The van der Waals surface area contributed by atoms with Crippen LogP contribution in [-0.2, 0) is 11.2 Å². The van der Waals surface area contributed by atoms with E-state index in [2.05, 4.69) is 5.32 Å². The molecule has 1 aliphatic rings. The lowest BCUT2D eigenvalue weighted by Gasteiger charge is -2.31. The van der Waals surface area contributed by atoms with Gasteiger partial charge in [-0.3, -0.25) is 4.79 Å². The van der Waals surface area contributed by atoms with E-state index in [1.807, 2.05) is 12.1 Å². The number of hydrogen-bond acceptors (Lipinski definition) is 2. The molecule has 0 aromatic heterocycles. The average Bonchev–Trinajstić information content (AvgIpc) is 2.15. The Labute approximate surface area is 99.4 Å². The number of rotatable bonds is 3. The van der Waals surface area contributed by atoms with Gasteiger partial charge in [-0.1, -0.05) is 23.7 Å². The molecule has 2 rings (SSSR count). The minimum Gasteiger partial charge on any atom is -0.393 e. The first-order valence-corrected chi connectivity index (χ1v) is 5.73. The number of halogens is 1. The van der Waals surface area contributed by atoms with E-state index in [9.17, 15) is 4.79 Å². The Morgan fingerprint density at radius 2 is 2.25 bits per heavy atom. The Hall–Kier alpha value is -1.06. The Balaban J connectivity index is 1.83. The molecule has 1 aromatic carbocycles. The first kappa shape index (κ1) is 11.4. The Morgan fingerprint density at radius 3 is 2.88 bits per heavy atom. The highest BCUT2D eigenvalue weighted by molar-refractivity contribution is 6.30. The normalized spacial score (nSPS) is 23.6. The van der Waals surface area contributed by atoms with Gasteiger partial charge in [-0.2, -0.15) is 0 Å². The van der Waals surface area contributed by atoms with Gasteiger partial charge in [0.1, 0.15) is 0 Å². The highest BCUT2D eigenvalue weighted by atomic mass is 35.5. The summed E-state index contributed by atoms with van der Waals surface area (Å²) < 4.78 is 0. The SMILES string of the molecule is O=C(Cc1cccc(Cl)c1)NC1CC(O)C1. The van der Waals surface area contributed by atoms with E-state index >= 15 is 0 Å². The van der Waals surface area contributed by atoms with E-state index in [0.29, 0.717) is 24.3 Å². The van der Waals surface area contributed by atoms with Crippen molar-refractivity contribution in [3.05, 3.63) is 34.9 Å². The standard InChI is InChI=1S/C12H14ClNO2/c13-9-3-1-2-8(4-9)5-12(16)14-10-6-11(15)7-10/h1-4,10-11,15H,5-7H2,(H,14,16). The molecule has 0 aliphatic heterocycles. The van der Waals surface area contributed by atoms with Crippen molar-refractivity contribution < 1.29 is 9.90 Å². The summed E-state index contributed by atoms with van der Waals surface area (Å²) in [5, 5.41) is 12.6. The first-order chi connectivity index (χ1) is 7.63. The van der Waals surface area contributed by atoms with Crippen molar-refractivity contribution in [2.75, 3.05) is 0 Å². The smallest absolute Gasteiger partial charge is 0.224 e. The highest BCUT2D eigenvalue weighted by Crippen LogP contribution is 2.19. The van der Waals surface area contributed by atoms with Crippen LogP contribution < -0.4 is 5.32 Å². The number of amides is 1. The zero-order valence-electron chi connectivity index (χ0n) is 8.82. The van der Waals surface area contributed by atoms with Gasteiger partial charge in [-0.15, -0.1) is 0 Å². The maximum Gasteiger partial charge on any atom is 0.224 e. The van der Waals surface area contributed by atoms with Crippen LogP contribution in [0.15, 0.2) is 24.3 Å². The lowest BCUT2D eigenvalue weighted by Crippen LogP contribution is -2.47. The molecule has 1 fully saturated rings. The molecule has 2 N–H and O–H groups in total. The van der Waals surface area contributed by atoms with Gasteiger partial charge in [0.15, 0.2) is 0 Å². The molecule has 4 heteroatoms. The monoisotopic (exact) mass is 239 g/mol. The third kappa shape index (κ3) is 2.97. The summed E-state index contributed by atoms with van der Waals surface area (Å²) in [4.78, 5) is 11.6. The topological polar surface area (TPSA) is 49.3 Å². The van der Waals surface area contributed by atoms with Crippen molar-refractivity contribution >= 4 is 17.5 Å². The molecule has 0 atom stereocenters. The number of hydrogen-bond donors (Lipinski definition) is 2. The van der Waals surface area contributed by atoms with E-state index in [0.717, 1.165) is 5.56 Å². The Morgan fingerprint density at radius 1 is 1.50 bits per heavy atom. The fourth-order valence-electron chi connectivity index (χ4n) is 1.82. The summed E-state index contributed by atoms with van der Waals surface area (Å²) in [6, 6.07) is 7.42. The van der Waals surface area contributed by atoms with Gasteiger partial charge in [-0.05, 0) is 30.5 Å². The molecule has 0 spiro atoms. The molecule has 0 unspecified atom stereocenters. The molecular weight excluding hydrogens is 226 g/mol. The third-order valence-electron chi connectivity index (χ3n) is 2.73. The van der Waals surface area contributed by atoms with Gasteiger partial charge < -0.3 is 10.4 Å². The predicted octanol–water partition coefficient (Wildman–Crippen LogP) is 1.52. The second kappa shape index (κ2) is 4.85. The molecule has 0 bridgehead atoms. The van der Waals surface area contributed by atoms with Crippen molar-refractivity contribution in [2.45, 2.75) is 31.4 Å². The zero-order valence-corrected chi connectivity index (χ0v) is 9.57. The zero-order chi connectivity index (χ0) is 11.5. The predicted molar refractivity (Wildman–Crippen MR) is 62.3 cm³/mol. The molecule has 1 aliphatic carbocycles. The van der Waals surface area contributed by atoms with Crippen molar-refractivity contribution in [2.24, 2.45) is 0 Å². The van der Waals surface area contributed by atoms with Gasteiger partial charge in [-0.25, -0.2) is 0 Å². The van der Waals surface area contributed by atoms with E-state index < -0.39 is 0 Å². The molecule has 86 valence electrons. The molecule has 16 heavy (non-hydrogen) atoms. The minimum absolute atomic E-state index is 0.0147. The van der Waals surface area contributed by atoms with Crippen LogP contribution in [-0.4, -0.2) is 23.2 Å². The number of aliphatic hydroxyl groups excluding tert-OH is 1. The number of benzene rings is 1. The number of carbonyl (C=O) groups is 1. The van der Waals surface area contributed by atoms with E-state index in [4.69, 9.17) is 16.7 Å². The van der Waals surface area contributed by atoms with E-state index in [1.54, 1.807) is 12.1 Å². The Bertz CT molecular complexity index is 388. The van der Waals surface area contributed by atoms with Crippen LogP contribution in [0, 0.1) is 0 Å². The van der Waals surface area contributed by atoms with Crippen LogP contribution in [0.25, 0.3) is 0 Å². The average molecular weight is 240 g/mol. The fourth-order valence-corrected chi connectivity index (χ4v) is 2.03. The largest absolute Gasteiger partial charge is 0.393 e. The van der Waals surface area contributed by atoms with Crippen LogP contribution in [0.5, 0.6) is 0 Å². The van der Waals surface area contributed by atoms with Gasteiger partial charge in [0.2, 0.25) is 5.91 Å². The Kier molecular flexibility index (Phi) is 3.46. The van der Waals surface area contributed by atoms with Crippen molar-refractivity contribution in [1.29, 1.82) is 0 Å². The van der Waals surface area contributed by atoms with Crippen molar-refractivity contribution in [3.63, 3.8) is 0 Å². The number of carbonyl (C=O) groups excluding carboxylic acids is 1. The van der Waals surface area contributed by atoms with E-state index in [1.165, 1.54) is 0 Å². The molecule has 0 saturated heterocycles. The summed E-state index contributed by atoms with van der Waals surface area (Å²) >= 11 is 5.83. The van der Waals surface area contributed by atoms with Crippen LogP contribution in [0.3, 0.4) is 0 Å². The molecular formula is C12H14ClNO2. The van der Waals surface area contributed by atoms with Gasteiger partial charge in [0.25, 0.3) is 0 Å². The van der Waals surface area contributed by atoms with Crippen LogP contribution in [0.2, 0.25) is 5.02 Å². The second-order valence-corrected chi connectivity index (χ2v) is 4.63. The fraction of sp³-hybridized carbons (Fsp3) is 0.417. The summed E-state index contributed by atoms with van der Waals surface area (Å²) in [6.07, 6.45) is 1.44. The maximum absolute atomic E-state index is 11.6. The van der Waals surface area contributed by atoms with Gasteiger partial charge in [0.05, 0.1) is 12.5 Å². The quantitative estimate of drug-likeness (QED) is 0.840. The molecule has 0 radical (unpaired) electrons. The highest BCUT2D eigenvalue weighted by Gasteiger charge is 2.28. The van der Waals surface area contributed by atoms with Gasteiger partial charge >= 0.3 is 0 Å². The summed E-state index contributed by atoms with van der Waals surface area (Å²) in [5.41, 5.74) is 0.907. The molecule has 0 heterocycles. The molecule has 1 aromatic rings. The summed E-state index contributed by atoms with van der Waals surface area (Å²) in [6.45, 7) is 0. The van der Waals surface area contributed by atoms with Crippen molar-refractivity contribution in [3.8, 4) is 0 Å². The first-order valence-electron chi connectivity index (χ1n) is 5.35. The number of nitrogens with one attached hydrogen (secondary N) is 1. The molecule has 3 nitrogen and oxygen atoms in total. The lowest BCUT2D eigenvalue weighted by atomic mass is 9.89. The third-order valence-corrected chi connectivity index (χ3v) is 2.97. The summed E-state index contributed by atoms with van der Waals surface area (Å²) in [5.74, 6) is -0.0147. The van der Waals surface area contributed by atoms with Crippen LogP contribution in [0.1, 0.15) is 18.4 Å². The van der Waals surface area contributed by atoms with Gasteiger partial charge in [0, 0.05) is 11.1 Å². The summed E-state index contributed by atoms with van der Waals surface area (Å²) in [7, 11) is 0. The van der Waals surface area contributed by atoms with Crippen LogP contribution in [0.4, 0.5) is 0 Å². The van der Waals surface area contributed by atoms with E-state index in [-0.39, 0.29) is 18.1 Å². The van der Waals surface area contributed by atoms with Crippen LogP contribution >= 0.6 is 11.6 Å². The minimum atomic E-state index is -0.239. The number of aliphatic hydroxyl groups is 1. The van der Waals surface area contributed by atoms with Crippen molar-refractivity contribution in [1.82, 2.24) is 5.32 Å². The molecule has 1 amide bonds. The lowest BCUT2D eigenvalue weighted by molar-refractivity contribution is -0.122.